The zero-order valence-electron chi connectivity index (χ0n) is 10.7. The lowest BCUT2D eigenvalue weighted by Gasteiger charge is -2.21. The van der Waals surface area contributed by atoms with Gasteiger partial charge in [-0.15, -0.1) is 0 Å². The number of oxime groups is 1. The molecule has 2 rings (SSSR count). The van der Waals surface area contributed by atoms with Crippen LogP contribution in [0.4, 0.5) is 13.2 Å². The first-order valence-corrected chi connectivity index (χ1v) is 6.26. The van der Waals surface area contributed by atoms with Gasteiger partial charge in [-0.2, -0.15) is 13.2 Å². The molecule has 0 spiro atoms. The Morgan fingerprint density at radius 1 is 1.35 bits per heavy atom. The highest BCUT2D eigenvalue weighted by molar-refractivity contribution is 5.83. The first-order valence-electron chi connectivity index (χ1n) is 6.26. The van der Waals surface area contributed by atoms with Crippen molar-refractivity contribution in [2.75, 3.05) is 6.54 Å². The second-order valence-electron chi connectivity index (χ2n) is 4.90. The van der Waals surface area contributed by atoms with Crippen LogP contribution >= 0.6 is 0 Å². The third-order valence-electron chi connectivity index (χ3n) is 3.53. The maximum absolute atomic E-state index is 12.8. The van der Waals surface area contributed by atoms with Gasteiger partial charge >= 0.3 is 6.18 Å². The van der Waals surface area contributed by atoms with Crippen LogP contribution in [0.5, 0.6) is 0 Å². The van der Waals surface area contributed by atoms with Gasteiger partial charge in [-0.1, -0.05) is 29.4 Å². The molecule has 0 amide bonds. The van der Waals surface area contributed by atoms with Crippen molar-refractivity contribution in [3.8, 4) is 0 Å². The van der Waals surface area contributed by atoms with Crippen molar-refractivity contribution in [1.29, 1.82) is 0 Å². The summed E-state index contributed by atoms with van der Waals surface area (Å²) in [5.41, 5.74) is 7.41. The Morgan fingerprint density at radius 3 is 2.35 bits per heavy atom. The van der Waals surface area contributed by atoms with E-state index in [1.54, 1.807) is 0 Å². The molecule has 1 atom stereocenters. The maximum atomic E-state index is 12.8. The predicted molar refractivity (Wildman–Crippen MR) is 68.6 cm³/mol. The van der Waals surface area contributed by atoms with Crippen molar-refractivity contribution >= 4 is 5.84 Å². The van der Waals surface area contributed by atoms with Crippen LogP contribution in [-0.2, 0) is 12.8 Å². The number of benzene rings is 1. The molecule has 1 aliphatic rings. The highest BCUT2D eigenvalue weighted by Gasteiger charge is 2.43. The first kappa shape index (κ1) is 14.6. The zero-order valence-corrected chi connectivity index (χ0v) is 10.7. The van der Waals surface area contributed by atoms with Crippen LogP contribution in [0.3, 0.4) is 0 Å². The Kier molecular flexibility index (Phi) is 4.17. The van der Waals surface area contributed by atoms with Gasteiger partial charge in [0.05, 0.1) is 0 Å². The van der Waals surface area contributed by atoms with Gasteiger partial charge in [0, 0.05) is 12.6 Å². The molecule has 1 aliphatic carbocycles. The first-order chi connectivity index (χ1) is 9.41. The summed E-state index contributed by atoms with van der Waals surface area (Å²) in [6, 6.07) is 7.72. The summed E-state index contributed by atoms with van der Waals surface area (Å²) in [6.45, 7) is -0.391. The molecular weight excluding hydrogens is 271 g/mol. The normalized spacial score (nSPS) is 18.1. The van der Waals surface area contributed by atoms with E-state index < -0.39 is 24.5 Å². The van der Waals surface area contributed by atoms with Gasteiger partial charge in [0.25, 0.3) is 0 Å². The molecular formula is C13H16F3N3O. The lowest BCUT2D eigenvalue weighted by molar-refractivity contribution is -0.155. The van der Waals surface area contributed by atoms with Crippen LogP contribution in [0, 0.1) is 5.92 Å². The van der Waals surface area contributed by atoms with E-state index >= 15 is 0 Å². The molecule has 4 N–H and O–H groups in total. The van der Waals surface area contributed by atoms with Gasteiger partial charge in [0.1, 0.15) is 5.92 Å². The van der Waals surface area contributed by atoms with Gasteiger partial charge in [-0.25, -0.2) is 0 Å². The van der Waals surface area contributed by atoms with E-state index in [9.17, 15) is 13.2 Å². The summed E-state index contributed by atoms with van der Waals surface area (Å²) in [6.07, 6.45) is -3.15. The fraction of sp³-hybridized carbons (Fsp3) is 0.462. The van der Waals surface area contributed by atoms with Crippen molar-refractivity contribution in [2.24, 2.45) is 16.8 Å². The summed E-state index contributed by atoms with van der Waals surface area (Å²) in [7, 11) is 0. The van der Waals surface area contributed by atoms with E-state index in [1.165, 1.54) is 0 Å². The maximum Gasteiger partial charge on any atom is 0.400 e. The third-order valence-corrected chi connectivity index (χ3v) is 3.53. The van der Waals surface area contributed by atoms with E-state index in [1.807, 2.05) is 24.3 Å². The van der Waals surface area contributed by atoms with Gasteiger partial charge in [0.2, 0.25) is 0 Å². The predicted octanol–water partition coefficient (Wildman–Crippen LogP) is 1.67. The Balaban J connectivity index is 1.95. The lowest BCUT2D eigenvalue weighted by atomic mass is 10.1. The zero-order chi connectivity index (χ0) is 14.8. The van der Waals surface area contributed by atoms with Crippen molar-refractivity contribution in [2.45, 2.75) is 25.1 Å². The Bertz CT molecular complexity index is 477. The molecule has 110 valence electrons. The largest absolute Gasteiger partial charge is 0.409 e. The van der Waals surface area contributed by atoms with Crippen LogP contribution in [0.15, 0.2) is 29.4 Å². The molecule has 0 saturated carbocycles. The van der Waals surface area contributed by atoms with Gasteiger partial charge in [-0.3, -0.25) is 0 Å². The van der Waals surface area contributed by atoms with Crippen molar-refractivity contribution in [3.05, 3.63) is 35.4 Å². The van der Waals surface area contributed by atoms with Crippen LogP contribution in [-0.4, -0.2) is 29.8 Å². The van der Waals surface area contributed by atoms with E-state index in [0.717, 1.165) is 11.1 Å². The highest BCUT2D eigenvalue weighted by Crippen LogP contribution is 2.27. The summed E-state index contributed by atoms with van der Waals surface area (Å²) in [5.74, 6) is -2.79. The molecule has 0 aromatic heterocycles. The molecule has 0 heterocycles. The van der Waals surface area contributed by atoms with E-state index in [2.05, 4.69) is 10.5 Å². The molecule has 0 fully saturated rings. The fourth-order valence-electron chi connectivity index (χ4n) is 2.45. The summed E-state index contributed by atoms with van der Waals surface area (Å²) in [4.78, 5) is 0. The molecule has 1 aromatic carbocycles. The number of nitrogens with two attached hydrogens (primary N) is 1. The highest BCUT2D eigenvalue weighted by atomic mass is 19.4. The molecule has 1 aromatic rings. The molecule has 4 nitrogen and oxygen atoms in total. The Hall–Kier alpha value is -1.76. The number of nitrogens with one attached hydrogen (secondary N) is 1. The lowest BCUT2D eigenvalue weighted by Crippen LogP contribution is -2.45. The molecule has 0 aliphatic heterocycles. The van der Waals surface area contributed by atoms with Crippen LogP contribution in [0.1, 0.15) is 11.1 Å². The van der Waals surface area contributed by atoms with Gasteiger partial charge in [0.15, 0.2) is 5.84 Å². The van der Waals surface area contributed by atoms with E-state index in [4.69, 9.17) is 10.9 Å². The van der Waals surface area contributed by atoms with Crippen LogP contribution in [0.25, 0.3) is 0 Å². The van der Waals surface area contributed by atoms with Gasteiger partial charge < -0.3 is 16.3 Å². The molecule has 0 radical (unpaired) electrons. The molecule has 0 saturated heterocycles. The monoisotopic (exact) mass is 287 g/mol. The average molecular weight is 287 g/mol. The van der Waals surface area contributed by atoms with Crippen LogP contribution < -0.4 is 11.1 Å². The minimum atomic E-state index is -4.53. The quantitative estimate of drug-likeness (QED) is 0.341. The number of halogens is 3. The van der Waals surface area contributed by atoms with Crippen LogP contribution in [0.2, 0.25) is 0 Å². The topological polar surface area (TPSA) is 70.6 Å². The third kappa shape index (κ3) is 3.22. The van der Waals surface area contributed by atoms with Gasteiger partial charge in [-0.05, 0) is 24.0 Å². The number of rotatable bonds is 4. The number of alkyl halides is 3. The van der Waals surface area contributed by atoms with Crippen molar-refractivity contribution < 1.29 is 18.4 Å². The molecule has 7 heteroatoms. The SMILES string of the molecule is N/C(=N/O)C(CNC1Cc2ccccc2C1)C(F)(F)F. The molecule has 0 bridgehead atoms. The number of hydrogen-bond acceptors (Lipinski definition) is 3. The smallest absolute Gasteiger partial charge is 0.400 e. The standard InChI is InChI=1S/C13H16F3N3O/c14-13(15,16)11(12(17)19-20)7-18-10-5-8-3-1-2-4-9(8)6-10/h1-4,10-11,18,20H,5-7H2,(H2,17,19). The minimum Gasteiger partial charge on any atom is -0.409 e. The number of fused-ring (bicyclic) bond motifs is 1. The Labute approximate surface area is 114 Å². The number of nitrogens with zero attached hydrogens (tertiary/aromatic N) is 1. The van der Waals surface area contributed by atoms with E-state index in [-0.39, 0.29) is 6.04 Å². The Morgan fingerprint density at radius 2 is 1.90 bits per heavy atom. The molecule has 20 heavy (non-hydrogen) atoms. The second kappa shape index (κ2) is 5.70. The van der Waals surface area contributed by atoms with E-state index in [0.29, 0.717) is 12.8 Å². The number of amidine groups is 1. The summed E-state index contributed by atoms with van der Waals surface area (Å²) < 4.78 is 38.3. The van der Waals surface area contributed by atoms with Crippen molar-refractivity contribution in [1.82, 2.24) is 5.32 Å². The number of hydrogen-bond donors (Lipinski definition) is 3. The summed E-state index contributed by atoms with van der Waals surface area (Å²) in [5, 5.41) is 13.8. The van der Waals surface area contributed by atoms with Crippen molar-refractivity contribution in [3.63, 3.8) is 0 Å². The average Bonchev–Trinajstić information content (AvgIpc) is 2.79. The fourth-order valence-corrected chi connectivity index (χ4v) is 2.45. The second-order valence-corrected chi connectivity index (χ2v) is 4.90. The summed E-state index contributed by atoms with van der Waals surface area (Å²) >= 11 is 0. The molecule has 1 unspecified atom stereocenters. The minimum absolute atomic E-state index is 0.0521.